The van der Waals surface area contributed by atoms with Gasteiger partial charge >= 0.3 is 5.97 Å². The van der Waals surface area contributed by atoms with E-state index in [2.05, 4.69) is 5.32 Å². The molecule has 0 aromatic heterocycles. The molecule has 0 atom stereocenters. The number of ether oxygens (including phenoxy) is 1. The summed E-state index contributed by atoms with van der Waals surface area (Å²) in [6.07, 6.45) is 1.77. The van der Waals surface area contributed by atoms with Gasteiger partial charge < -0.3 is 10.1 Å². The van der Waals surface area contributed by atoms with Crippen LogP contribution in [0.4, 0.5) is 0 Å². The van der Waals surface area contributed by atoms with Crippen LogP contribution in [0.25, 0.3) is 0 Å². The molecule has 0 bridgehead atoms. The van der Waals surface area contributed by atoms with Crippen molar-refractivity contribution in [2.45, 2.75) is 17.7 Å². The number of hydrogen-bond donors (Lipinski definition) is 1. The van der Waals surface area contributed by atoms with E-state index >= 15 is 0 Å². The Balaban J connectivity index is 1.54. The molecule has 0 unspecified atom stereocenters. The van der Waals surface area contributed by atoms with Gasteiger partial charge in [-0.15, -0.1) is 11.8 Å². The molecular formula is C14H16ClNO3S. The minimum Gasteiger partial charge on any atom is -0.455 e. The smallest absolute Gasteiger partial charge is 0.309 e. The third-order valence-electron chi connectivity index (χ3n) is 2.76. The molecular weight excluding hydrogens is 298 g/mol. The lowest BCUT2D eigenvalue weighted by atomic mass is 10.4. The van der Waals surface area contributed by atoms with Crippen LogP contribution < -0.4 is 5.32 Å². The molecule has 0 heterocycles. The van der Waals surface area contributed by atoms with Crippen LogP contribution in [0.5, 0.6) is 0 Å². The number of hydrogen-bond acceptors (Lipinski definition) is 4. The zero-order valence-electron chi connectivity index (χ0n) is 10.9. The zero-order valence-corrected chi connectivity index (χ0v) is 12.5. The second-order valence-electron chi connectivity index (χ2n) is 4.53. The molecule has 1 saturated carbocycles. The van der Waals surface area contributed by atoms with Gasteiger partial charge in [-0.1, -0.05) is 11.6 Å². The number of esters is 1. The molecule has 20 heavy (non-hydrogen) atoms. The minimum absolute atomic E-state index is 0.0308. The lowest BCUT2D eigenvalue weighted by Gasteiger charge is -2.06. The predicted molar refractivity (Wildman–Crippen MR) is 78.9 cm³/mol. The minimum atomic E-state index is -0.254. The predicted octanol–water partition coefficient (Wildman–Crippen LogP) is 2.50. The van der Waals surface area contributed by atoms with Crippen LogP contribution in [0.1, 0.15) is 12.8 Å². The van der Waals surface area contributed by atoms with E-state index in [-0.39, 0.29) is 24.4 Å². The van der Waals surface area contributed by atoms with Gasteiger partial charge in [0.25, 0.3) is 5.91 Å². The maximum absolute atomic E-state index is 11.4. The first-order valence-electron chi connectivity index (χ1n) is 6.47. The molecule has 1 aliphatic carbocycles. The summed E-state index contributed by atoms with van der Waals surface area (Å²) >= 11 is 7.42. The average molecular weight is 314 g/mol. The van der Waals surface area contributed by atoms with E-state index in [0.717, 1.165) is 23.5 Å². The number of thioether (sulfide) groups is 1. The summed E-state index contributed by atoms with van der Waals surface area (Å²) in [6.45, 7) is 0.355. The Morgan fingerprint density at radius 1 is 1.30 bits per heavy atom. The van der Waals surface area contributed by atoms with E-state index < -0.39 is 0 Å². The van der Waals surface area contributed by atoms with Crippen LogP contribution in [-0.2, 0) is 14.3 Å². The lowest BCUT2D eigenvalue weighted by molar-refractivity contribution is -0.149. The summed E-state index contributed by atoms with van der Waals surface area (Å²) in [5.41, 5.74) is 0. The SMILES string of the molecule is O=C(COC(=O)C1CC1)NCCSc1ccc(Cl)cc1. The number of halogens is 1. The van der Waals surface area contributed by atoms with Crippen molar-refractivity contribution >= 4 is 35.2 Å². The molecule has 1 aromatic rings. The van der Waals surface area contributed by atoms with Crippen molar-refractivity contribution in [3.05, 3.63) is 29.3 Å². The number of carbonyl (C=O) groups excluding carboxylic acids is 2. The third kappa shape index (κ3) is 5.43. The van der Waals surface area contributed by atoms with E-state index in [1.54, 1.807) is 11.8 Å². The first-order chi connectivity index (χ1) is 9.65. The van der Waals surface area contributed by atoms with E-state index in [4.69, 9.17) is 16.3 Å². The standard InChI is InChI=1S/C14H16ClNO3S/c15-11-3-5-12(6-4-11)20-8-7-16-13(17)9-19-14(18)10-1-2-10/h3-6,10H,1-2,7-9H2,(H,16,17). The van der Waals surface area contributed by atoms with E-state index in [0.29, 0.717) is 11.6 Å². The van der Waals surface area contributed by atoms with Crippen molar-refractivity contribution in [1.82, 2.24) is 5.32 Å². The number of nitrogens with one attached hydrogen (secondary N) is 1. The summed E-state index contributed by atoms with van der Waals surface area (Å²) < 4.78 is 4.88. The van der Waals surface area contributed by atoms with Crippen molar-refractivity contribution in [3.8, 4) is 0 Å². The van der Waals surface area contributed by atoms with Gasteiger partial charge in [-0.25, -0.2) is 0 Å². The molecule has 0 radical (unpaired) electrons. The fraction of sp³-hybridized carbons (Fsp3) is 0.429. The first-order valence-corrected chi connectivity index (χ1v) is 7.83. The van der Waals surface area contributed by atoms with Gasteiger partial charge in [0.2, 0.25) is 0 Å². The van der Waals surface area contributed by atoms with Crippen molar-refractivity contribution in [1.29, 1.82) is 0 Å². The van der Waals surface area contributed by atoms with Gasteiger partial charge in [0, 0.05) is 22.2 Å². The molecule has 0 spiro atoms. The molecule has 108 valence electrons. The molecule has 1 N–H and O–H groups in total. The maximum atomic E-state index is 11.4. The third-order valence-corrected chi connectivity index (χ3v) is 4.03. The molecule has 1 amide bonds. The molecule has 6 heteroatoms. The van der Waals surface area contributed by atoms with Crippen LogP contribution in [0.3, 0.4) is 0 Å². The molecule has 1 aromatic carbocycles. The number of benzene rings is 1. The van der Waals surface area contributed by atoms with Crippen molar-refractivity contribution in [2.24, 2.45) is 5.92 Å². The topological polar surface area (TPSA) is 55.4 Å². The van der Waals surface area contributed by atoms with Gasteiger partial charge in [0.1, 0.15) is 0 Å². The maximum Gasteiger partial charge on any atom is 0.309 e. The van der Waals surface area contributed by atoms with E-state index in [1.807, 2.05) is 24.3 Å². The van der Waals surface area contributed by atoms with Crippen molar-refractivity contribution in [2.75, 3.05) is 18.9 Å². The average Bonchev–Trinajstić information content (AvgIpc) is 3.27. The van der Waals surface area contributed by atoms with Crippen LogP contribution >= 0.6 is 23.4 Å². The Morgan fingerprint density at radius 3 is 2.65 bits per heavy atom. The van der Waals surface area contributed by atoms with Crippen LogP contribution in [0.2, 0.25) is 5.02 Å². The Hall–Kier alpha value is -1.20. The van der Waals surface area contributed by atoms with E-state index in [9.17, 15) is 9.59 Å². The highest BCUT2D eigenvalue weighted by atomic mass is 35.5. The second kappa shape index (κ2) is 7.55. The lowest BCUT2D eigenvalue weighted by Crippen LogP contribution is -2.30. The van der Waals surface area contributed by atoms with Crippen LogP contribution in [0, 0.1) is 5.92 Å². The zero-order chi connectivity index (χ0) is 14.4. The number of amides is 1. The highest BCUT2D eigenvalue weighted by molar-refractivity contribution is 7.99. The van der Waals surface area contributed by atoms with Gasteiger partial charge in [-0.3, -0.25) is 9.59 Å². The normalized spacial score (nSPS) is 13.8. The fourth-order valence-electron chi connectivity index (χ4n) is 1.51. The Morgan fingerprint density at radius 2 is 2.00 bits per heavy atom. The van der Waals surface area contributed by atoms with Crippen LogP contribution in [0.15, 0.2) is 29.2 Å². The Kier molecular flexibility index (Phi) is 5.73. The van der Waals surface area contributed by atoms with Gasteiger partial charge in [-0.05, 0) is 37.1 Å². The number of carbonyl (C=O) groups is 2. The summed E-state index contributed by atoms with van der Waals surface area (Å²) in [6, 6.07) is 7.54. The number of rotatable bonds is 7. The molecule has 1 fully saturated rings. The summed E-state index contributed by atoms with van der Waals surface area (Å²) in [7, 11) is 0. The van der Waals surface area contributed by atoms with E-state index in [1.165, 1.54) is 0 Å². The van der Waals surface area contributed by atoms with Crippen molar-refractivity contribution < 1.29 is 14.3 Å². The van der Waals surface area contributed by atoms with Gasteiger partial charge in [0.15, 0.2) is 6.61 Å². The van der Waals surface area contributed by atoms with Crippen molar-refractivity contribution in [3.63, 3.8) is 0 Å². The highest BCUT2D eigenvalue weighted by Gasteiger charge is 2.31. The fourth-order valence-corrected chi connectivity index (χ4v) is 2.41. The first kappa shape index (κ1) is 15.2. The molecule has 1 aliphatic rings. The Bertz CT molecular complexity index is 474. The summed E-state index contributed by atoms with van der Waals surface area (Å²) in [5.74, 6) is 0.277. The second-order valence-corrected chi connectivity index (χ2v) is 6.14. The quantitative estimate of drug-likeness (QED) is 0.477. The molecule has 0 aliphatic heterocycles. The largest absolute Gasteiger partial charge is 0.455 e. The van der Waals surface area contributed by atoms with Gasteiger partial charge in [-0.2, -0.15) is 0 Å². The molecule has 4 nitrogen and oxygen atoms in total. The van der Waals surface area contributed by atoms with Crippen LogP contribution in [-0.4, -0.2) is 30.8 Å². The summed E-state index contributed by atoms with van der Waals surface area (Å²) in [5, 5.41) is 3.42. The molecule has 2 rings (SSSR count). The highest BCUT2D eigenvalue weighted by Crippen LogP contribution is 2.29. The Labute approximate surface area is 127 Å². The summed E-state index contributed by atoms with van der Waals surface area (Å²) in [4.78, 5) is 23.8. The van der Waals surface area contributed by atoms with Gasteiger partial charge in [0.05, 0.1) is 5.92 Å². The monoisotopic (exact) mass is 313 g/mol. The molecule has 0 saturated heterocycles.